The Kier molecular flexibility index (Phi) is 12.3. The third-order valence-corrected chi connectivity index (χ3v) is 5.05. The highest BCUT2D eigenvalue weighted by Gasteiger charge is 2.16. The fraction of sp³-hybridized carbons (Fsp3) is 0.385. The number of hydrogen-bond donors (Lipinski definition) is 4. The molecule has 0 heterocycles. The molecule has 194 valence electrons. The molecule has 0 aliphatic heterocycles. The molecule has 0 atom stereocenters. The minimum absolute atomic E-state index is 0.264. The van der Waals surface area contributed by atoms with Gasteiger partial charge in [-0.3, -0.25) is 40.9 Å². The SMILES string of the molecule is CCCCCCOc1ccc(C(=O)NNC(=O)C(=O)NNC(=O)c2ccc(OCCCC)cc2)cc1. The van der Waals surface area contributed by atoms with Crippen molar-refractivity contribution in [3.05, 3.63) is 59.7 Å². The summed E-state index contributed by atoms with van der Waals surface area (Å²) in [5, 5.41) is 0. The van der Waals surface area contributed by atoms with Gasteiger partial charge in [-0.1, -0.05) is 39.5 Å². The Bertz CT molecular complexity index is 992. The van der Waals surface area contributed by atoms with E-state index in [1.807, 2.05) is 10.9 Å². The summed E-state index contributed by atoms with van der Waals surface area (Å²) in [5.74, 6) is -2.28. The van der Waals surface area contributed by atoms with E-state index in [0.29, 0.717) is 24.7 Å². The third-order valence-electron chi connectivity index (χ3n) is 5.05. The zero-order chi connectivity index (χ0) is 26.2. The molecule has 10 nitrogen and oxygen atoms in total. The van der Waals surface area contributed by atoms with E-state index in [9.17, 15) is 19.2 Å². The highest BCUT2D eigenvalue weighted by atomic mass is 16.5. The molecule has 0 fully saturated rings. The largest absolute Gasteiger partial charge is 0.494 e. The summed E-state index contributed by atoms with van der Waals surface area (Å²) in [6.07, 6.45) is 6.33. The molecular weight excluding hydrogens is 464 g/mol. The number of carbonyl (C=O) groups excluding carboxylic acids is 4. The van der Waals surface area contributed by atoms with Crippen LogP contribution in [0.3, 0.4) is 0 Å². The molecular formula is C26H34N4O6. The van der Waals surface area contributed by atoms with Gasteiger partial charge in [0.1, 0.15) is 11.5 Å². The molecule has 0 aliphatic carbocycles. The van der Waals surface area contributed by atoms with Crippen LogP contribution in [0.1, 0.15) is 73.1 Å². The Morgan fingerprint density at radius 3 is 1.39 bits per heavy atom. The first-order valence-corrected chi connectivity index (χ1v) is 12.1. The standard InChI is InChI=1S/C26H34N4O6/c1-3-5-7-8-18-36-22-15-11-20(12-16-22)24(32)28-30-26(34)25(33)29-27-23(31)19-9-13-21(14-10-19)35-17-6-4-2/h9-16H,3-8,17-18H2,1-2H3,(H,27,31)(H,28,32)(H,29,33)(H,30,34). The van der Waals surface area contributed by atoms with E-state index < -0.39 is 23.6 Å². The van der Waals surface area contributed by atoms with Crippen molar-refractivity contribution in [1.82, 2.24) is 21.7 Å². The maximum atomic E-state index is 12.2. The first-order chi connectivity index (χ1) is 17.4. The van der Waals surface area contributed by atoms with E-state index in [4.69, 9.17) is 9.47 Å². The van der Waals surface area contributed by atoms with Gasteiger partial charge in [-0.05, 0) is 61.4 Å². The Balaban J connectivity index is 1.70. The molecule has 2 rings (SSSR count). The fourth-order valence-corrected chi connectivity index (χ4v) is 2.94. The lowest BCUT2D eigenvalue weighted by molar-refractivity contribution is -0.140. The van der Waals surface area contributed by atoms with Gasteiger partial charge in [0.25, 0.3) is 11.8 Å². The van der Waals surface area contributed by atoms with Crippen molar-refractivity contribution in [2.75, 3.05) is 13.2 Å². The summed E-state index contributed by atoms with van der Waals surface area (Å²) in [6.45, 7) is 5.39. The van der Waals surface area contributed by atoms with Crippen molar-refractivity contribution >= 4 is 23.6 Å². The Morgan fingerprint density at radius 2 is 0.972 bits per heavy atom. The van der Waals surface area contributed by atoms with Crippen molar-refractivity contribution in [3.63, 3.8) is 0 Å². The van der Waals surface area contributed by atoms with Crippen LogP contribution in [0.15, 0.2) is 48.5 Å². The number of unbranched alkanes of at least 4 members (excludes halogenated alkanes) is 4. The van der Waals surface area contributed by atoms with E-state index in [0.717, 1.165) is 32.1 Å². The zero-order valence-electron chi connectivity index (χ0n) is 20.7. The maximum Gasteiger partial charge on any atom is 0.329 e. The van der Waals surface area contributed by atoms with Crippen LogP contribution in [0.5, 0.6) is 11.5 Å². The van der Waals surface area contributed by atoms with Crippen molar-refractivity contribution < 1.29 is 28.7 Å². The number of carbonyl (C=O) groups is 4. The third kappa shape index (κ3) is 10.0. The van der Waals surface area contributed by atoms with E-state index >= 15 is 0 Å². The number of amides is 4. The van der Waals surface area contributed by atoms with E-state index in [1.54, 1.807) is 36.4 Å². The van der Waals surface area contributed by atoms with Crippen molar-refractivity contribution in [3.8, 4) is 11.5 Å². The van der Waals surface area contributed by atoms with E-state index in [1.165, 1.54) is 18.6 Å². The first-order valence-electron chi connectivity index (χ1n) is 12.1. The lowest BCUT2D eigenvalue weighted by Crippen LogP contribution is -2.52. The molecule has 2 aromatic rings. The first kappa shape index (κ1) is 28.2. The van der Waals surface area contributed by atoms with Gasteiger partial charge in [-0.25, -0.2) is 0 Å². The van der Waals surface area contributed by atoms with E-state index in [-0.39, 0.29) is 11.1 Å². The molecule has 4 amide bonds. The molecule has 36 heavy (non-hydrogen) atoms. The Morgan fingerprint density at radius 1 is 0.556 bits per heavy atom. The zero-order valence-corrected chi connectivity index (χ0v) is 20.7. The van der Waals surface area contributed by atoms with Gasteiger partial charge >= 0.3 is 11.8 Å². The lowest BCUT2D eigenvalue weighted by Gasteiger charge is -2.10. The summed E-state index contributed by atoms with van der Waals surface area (Å²) >= 11 is 0. The maximum absolute atomic E-state index is 12.2. The molecule has 0 spiro atoms. The quantitative estimate of drug-likeness (QED) is 0.202. The van der Waals surface area contributed by atoms with Crippen LogP contribution in [0, 0.1) is 0 Å². The Hall–Kier alpha value is -4.08. The number of ether oxygens (including phenoxy) is 2. The van der Waals surface area contributed by atoms with Crippen LogP contribution in [0.2, 0.25) is 0 Å². The van der Waals surface area contributed by atoms with E-state index in [2.05, 4.69) is 24.7 Å². The van der Waals surface area contributed by atoms with Crippen molar-refractivity contribution in [1.29, 1.82) is 0 Å². The second kappa shape index (κ2) is 15.8. The molecule has 0 aliphatic rings. The van der Waals surface area contributed by atoms with Gasteiger partial charge in [0.15, 0.2) is 0 Å². The topological polar surface area (TPSA) is 135 Å². The van der Waals surface area contributed by atoms with Crippen LogP contribution in [0.4, 0.5) is 0 Å². The van der Waals surface area contributed by atoms with Crippen LogP contribution in [-0.2, 0) is 9.59 Å². The summed E-state index contributed by atoms with van der Waals surface area (Å²) in [4.78, 5) is 48.2. The molecule has 0 saturated carbocycles. The number of benzene rings is 2. The van der Waals surface area contributed by atoms with Crippen LogP contribution in [0.25, 0.3) is 0 Å². The monoisotopic (exact) mass is 498 g/mol. The van der Waals surface area contributed by atoms with Crippen LogP contribution in [-0.4, -0.2) is 36.8 Å². The minimum Gasteiger partial charge on any atom is -0.494 e. The minimum atomic E-state index is -1.16. The predicted molar refractivity (Wildman–Crippen MR) is 134 cm³/mol. The van der Waals surface area contributed by atoms with Gasteiger partial charge in [0.2, 0.25) is 0 Å². The predicted octanol–water partition coefficient (Wildman–Crippen LogP) is 3.05. The average molecular weight is 499 g/mol. The van der Waals surface area contributed by atoms with Gasteiger partial charge in [-0.2, -0.15) is 0 Å². The highest BCUT2D eigenvalue weighted by Crippen LogP contribution is 2.14. The number of hydrogen-bond acceptors (Lipinski definition) is 6. The molecule has 4 N–H and O–H groups in total. The summed E-state index contributed by atoms with van der Waals surface area (Å²) in [5.41, 5.74) is 8.80. The van der Waals surface area contributed by atoms with Gasteiger partial charge in [0, 0.05) is 11.1 Å². The smallest absolute Gasteiger partial charge is 0.329 e. The summed E-state index contributed by atoms with van der Waals surface area (Å²) < 4.78 is 11.2. The molecule has 10 heteroatoms. The number of rotatable bonds is 12. The molecule has 0 radical (unpaired) electrons. The van der Waals surface area contributed by atoms with Gasteiger partial charge < -0.3 is 9.47 Å². The fourth-order valence-electron chi connectivity index (χ4n) is 2.94. The second-order valence-corrected chi connectivity index (χ2v) is 7.98. The average Bonchev–Trinajstić information content (AvgIpc) is 2.90. The molecule has 0 bridgehead atoms. The molecule has 2 aromatic carbocycles. The Labute approximate surface area is 211 Å². The van der Waals surface area contributed by atoms with Crippen molar-refractivity contribution in [2.45, 2.75) is 52.4 Å². The lowest BCUT2D eigenvalue weighted by atomic mass is 10.2. The normalized spacial score (nSPS) is 10.2. The van der Waals surface area contributed by atoms with Gasteiger partial charge in [-0.15, -0.1) is 0 Å². The van der Waals surface area contributed by atoms with Crippen LogP contribution < -0.4 is 31.2 Å². The van der Waals surface area contributed by atoms with Crippen LogP contribution >= 0.6 is 0 Å². The highest BCUT2D eigenvalue weighted by molar-refractivity contribution is 6.35. The number of hydrazine groups is 2. The molecule has 0 unspecified atom stereocenters. The number of nitrogens with one attached hydrogen (secondary N) is 4. The molecule has 0 saturated heterocycles. The summed E-state index contributed by atoms with van der Waals surface area (Å²) in [7, 11) is 0. The molecule has 0 aromatic heterocycles. The second-order valence-electron chi connectivity index (χ2n) is 7.98. The summed E-state index contributed by atoms with van der Waals surface area (Å²) in [6, 6.07) is 12.7. The van der Waals surface area contributed by atoms with Crippen molar-refractivity contribution in [2.24, 2.45) is 0 Å². The van der Waals surface area contributed by atoms with Gasteiger partial charge in [0.05, 0.1) is 13.2 Å².